The van der Waals surface area contributed by atoms with Gasteiger partial charge in [0.2, 0.25) is 0 Å². The summed E-state index contributed by atoms with van der Waals surface area (Å²) in [7, 11) is 2.97. The molecule has 20 heavy (non-hydrogen) atoms. The fourth-order valence-corrected chi connectivity index (χ4v) is 4.13. The molecule has 2 heterocycles. The quantitative estimate of drug-likeness (QED) is 0.907. The van der Waals surface area contributed by atoms with Gasteiger partial charge in [-0.2, -0.15) is 0 Å². The van der Waals surface area contributed by atoms with Crippen LogP contribution >= 0.6 is 11.8 Å². The summed E-state index contributed by atoms with van der Waals surface area (Å²) in [6, 6.07) is 2.75. The second-order valence-electron chi connectivity index (χ2n) is 4.52. The minimum atomic E-state index is -0.980. The minimum absolute atomic E-state index is 0.251. The lowest BCUT2D eigenvalue weighted by Crippen LogP contribution is -2.39. The SMILES string of the molecule is COc1ccc2c(c1OC)C(=O)N1C2SC[C@H]1C(=O)O. The Morgan fingerprint density at radius 3 is 2.75 bits per heavy atom. The lowest BCUT2D eigenvalue weighted by molar-refractivity contribution is -0.141. The predicted octanol–water partition coefficient (Wildman–Crippen LogP) is 1.36. The summed E-state index contributed by atoms with van der Waals surface area (Å²) in [4.78, 5) is 25.2. The van der Waals surface area contributed by atoms with Crippen LogP contribution in [0.1, 0.15) is 21.3 Å². The molecule has 1 saturated heterocycles. The van der Waals surface area contributed by atoms with Crippen LogP contribution in [0.3, 0.4) is 0 Å². The Labute approximate surface area is 119 Å². The summed E-state index contributed by atoms with van der Waals surface area (Å²) in [5.74, 6) is -0.0449. The summed E-state index contributed by atoms with van der Waals surface area (Å²) in [5, 5.41) is 8.97. The lowest BCUT2D eigenvalue weighted by Gasteiger charge is -2.19. The van der Waals surface area contributed by atoms with E-state index in [1.807, 2.05) is 0 Å². The first-order valence-corrected chi connectivity index (χ1v) is 7.07. The predicted molar refractivity (Wildman–Crippen MR) is 72.3 cm³/mol. The zero-order valence-corrected chi connectivity index (χ0v) is 11.8. The molecule has 7 heteroatoms. The van der Waals surface area contributed by atoms with Gasteiger partial charge < -0.3 is 19.5 Å². The average Bonchev–Trinajstić information content (AvgIpc) is 2.99. The Morgan fingerprint density at radius 1 is 1.40 bits per heavy atom. The van der Waals surface area contributed by atoms with Crippen molar-refractivity contribution in [2.75, 3.05) is 20.0 Å². The van der Waals surface area contributed by atoms with Gasteiger partial charge in [-0.15, -0.1) is 11.8 Å². The lowest BCUT2D eigenvalue weighted by atomic mass is 10.1. The fraction of sp³-hybridized carbons (Fsp3) is 0.385. The number of benzene rings is 1. The highest BCUT2D eigenvalue weighted by molar-refractivity contribution is 7.99. The molecule has 2 atom stereocenters. The topological polar surface area (TPSA) is 76.1 Å². The Morgan fingerprint density at radius 2 is 2.15 bits per heavy atom. The molecule has 0 saturated carbocycles. The number of carbonyl (C=O) groups excluding carboxylic acids is 1. The number of hydrogen-bond donors (Lipinski definition) is 1. The maximum absolute atomic E-state index is 12.6. The van der Waals surface area contributed by atoms with Crippen molar-refractivity contribution in [2.24, 2.45) is 0 Å². The Kier molecular flexibility index (Phi) is 3.01. The highest BCUT2D eigenvalue weighted by Crippen LogP contribution is 2.52. The Bertz CT molecular complexity index is 603. The van der Waals surface area contributed by atoms with Crippen molar-refractivity contribution in [3.8, 4) is 11.5 Å². The van der Waals surface area contributed by atoms with Gasteiger partial charge in [0.25, 0.3) is 5.91 Å². The van der Waals surface area contributed by atoms with Gasteiger partial charge >= 0.3 is 5.97 Å². The number of carboxylic acids is 1. The molecule has 0 bridgehead atoms. The third kappa shape index (κ3) is 1.59. The van der Waals surface area contributed by atoms with E-state index in [1.165, 1.54) is 30.9 Å². The molecule has 2 aliphatic rings. The van der Waals surface area contributed by atoms with E-state index >= 15 is 0 Å². The van der Waals surface area contributed by atoms with Gasteiger partial charge in [0.1, 0.15) is 11.4 Å². The molecule has 106 valence electrons. The van der Waals surface area contributed by atoms with Crippen molar-refractivity contribution < 1.29 is 24.2 Å². The van der Waals surface area contributed by atoms with E-state index in [-0.39, 0.29) is 11.3 Å². The summed E-state index contributed by atoms with van der Waals surface area (Å²) in [6.07, 6.45) is 0. The van der Waals surface area contributed by atoms with Crippen molar-refractivity contribution in [1.82, 2.24) is 4.90 Å². The number of methoxy groups -OCH3 is 2. The number of ether oxygens (including phenoxy) is 2. The Hall–Kier alpha value is -1.89. The van der Waals surface area contributed by atoms with Crippen LogP contribution in [0.25, 0.3) is 0 Å². The summed E-state index contributed by atoms with van der Waals surface area (Å²) in [5.41, 5.74) is 1.21. The number of thioether (sulfide) groups is 1. The molecule has 3 rings (SSSR count). The average molecular weight is 295 g/mol. The number of nitrogens with zero attached hydrogens (tertiary/aromatic N) is 1. The zero-order valence-electron chi connectivity index (χ0n) is 11.0. The maximum atomic E-state index is 12.6. The first-order valence-electron chi connectivity index (χ1n) is 6.02. The van der Waals surface area contributed by atoms with E-state index in [1.54, 1.807) is 12.1 Å². The fourth-order valence-electron chi connectivity index (χ4n) is 2.68. The minimum Gasteiger partial charge on any atom is -0.493 e. The number of aliphatic carboxylic acids is 1. The molecule has 0 spiro atoms. The van der Waals surface area contributed by atoms with Gasteiger partial charge in [0, 0.05) is 11.3 Å². The molecular weight excluding hydrogens is 282 g/mol. The van der Waals surface area contributed by atoms with Crippen molar-refractivity contribution in [3.63, 3.8) is 0 Å². The first-order chi connectivity index (χ1) is 9.60. The molecule has 6 nitrogen and oxygen atoms in total. The summed E-state index contributed by atoms with van der Waals surface area (Å²) < 4.78 is 10.5. The number of hydrogen-bond acceptors (Lipinski definition) is 5. The van der Waals surface area contributed by atoms with Crippen molar-refractivity contribution in [2.45, 2.75) is 11.4 Å². The van der Waals surface area contributed by atoms with Crippen LogP contribution in [0.5, 0.6) is 11.5 Å². The van der Waals surface area contributed by atoms with Crippen LogP contribution in [0.15, 0.2) is 12.1 Å². The number of amides is 1. The second-order valence-corrected chi connectivity index (χ2v) is 5.63. The zero-order chi connectivity index (χ0) is 14.4. The van der Waals surface area contributed by atoms with Gasteiger partial charge in [-0.3, -0.25) is 4.79 Å². The van der Waals surface area contributed by atoms with E-state index < -0.39 is 12.0 Å². The van der Waals surface area contributed by atoms with E-state index in [2.05, 4.69) is 0 Å². The normalized spacial score (nSPS) is 23.5. The second kappa shape index (κ2) is 4.59. The molecule has 1 aromatic carbocycles. The van der Waals surface area contributed by atoms with Gasteiger partial charge in [-0.1, -0.05) is 6.07 Å². The largest absolute Gasteiger partial charge is 0.493 e. The first kappa shape index (κ1) is 13.1. The van der Waals surface area contributed by atoms with Gasteiger partial charge in [0.15, 0.2) is 11.5 Å². The molecule has 0 aliphatic carbocycles. The number of rotatable bonds is 3. The van der Waals surface area contributed by atoms with Crippen molar-refractivity contribution in [1.29, 1.82) is 0 Å². The summed E-state index contributed by atoms with van der Waals surface area (Å²) >= 11 is 1.46. The number of carboxylic acid groups (broad SMARTS) is 1. The number of fused-ring (bicyclic) bond motifs is 3. The van der Waals surface area contributed by atoms with E-state index in [4.69, 9.17) is 9.47 Å². The van der Waals surface area contributed by atoms with Crippen LogP contribution in [-0.2, 0) is 4.79 Å². The van der Waals surface area contributed by atoms with Crippen molar-refractivity contribution in [3.05, 3.63) is 23.3 Å². The molecule has 2 aliphatic heterocycles. The molecule has 1 fully saturated rings. The molecule has 1 aromatic rings. The monoisotopic (exact) mass is 295 g/mol. The van der Waals surface area contributed by atoms with Crippen LogP contribution in [0.4, 0.5) is 0 Å². The molecular formula is C13H13NO5S. The summed E-state index contributed by atoms with van der Waals surface area (Å²) in [6.45, 7) is 0. The van der Waals surface area contributed by atoms with Crippen molar-refractivity contribution >= 4 is 23.6 Å². The third-order valence-corrected chi connectivity index (χ3v) is 4.88. The Balaban J connectivity index is 2.13. The molecule has 0 aromatic heterocycles. The van der Waals surface area contributed by atoms with Crippen LogP contribution in [0.2, 0.25) is 0 Å². The van der Waals surface area contributed by atoms with E-state index in [0.29, 0.717) is 22.8 Å². The van der Waals surface area contributed by atoms with E-state index in [9.17, 15) is 14.7 Å². The van der Waals surface area contributed by atoms with Gasteiger partial charge in [-0.05, 0) is 6.07 Å². The van der Waals surface area contributed by atoms with Crippen LogP contribution in [0, 0.1) is 0 Å². The third-order valence-electron chi connectivity index (χ3n) is 3.58. The highest BCUT2D eigenvalue weighted by atomic mass is 32.2. The van der Waals surface area contributed by atoms with Gasteiger partial charge in [-0.25, -0.2) is 4.79 Å². The molecule has 1 N–H and O–H groups in total. The molecule has 1 amide bonds. The maximum Gasteiger partial charge on any atom is 0.327 e. The molecule has 0 radical (unpaired) electrons. The van der Waals surface area contributed by atoms with Gasteiger partial charge in [0.05, 0.1) is 19.8 Å². The van der Waals surface area contributed by atoms with Crippen LogP contribution < -0.4 is 9.47 Å². The molecule has 1 unspecified atom stereocenters. The smallest absolute Gasteiger partial charge is 0.327 e. The van der Waals surface area contributed by atoms with Crippen LogP contribution in [-0.4, -0.2) is 47.9 Å². The van der Waals surface area contributed by atoms with E-state index in [0.717, 1.165) is 5.56 Å². The standard InChI is InChI=1S/C13H13NO5S/c1-18-8-4-3-6-9(10(8)19-2)11(15)14-7(13(16)17)5-20-12(6)14/h3-4,7,12H,5H2,1-2H3,(H,16,17)/t7-,12?/m0/s1. The number of carbonyl (C=O) groups is 2. The highest BCUT2D eigenvalue weighted by Gasteiger charge is 2.50.